The summed E-state index contributed by atoms with van der Waals surface area (Å²) in [4.78, 5) is 24.2. The average molecular weight is 274 g/mol. The Hall–Kier alpha value is -2.30. The van der Waals surface area contributed by atoms with Crippen molar-refractivity contribution in [3.8, 4) is 0 Å². The van der Waals surface area contributed by atoms with E-state index in [2.05, 4.69) is 10.2 Å². The fourth-order valence-electron chi connectivity index (χ4n) is 2.28. The zero-order valence-electron chi connectivity index (χ0n) is 11.4. The molecule has 0 spiro atoms. The van der Waals surface area contributed by atoms with Crippen molar-refractivity contribution in [1.82, 2.24) is 0 Å². The molecule has 5 nitrogen and oxygen atoms in total. The Balaban J connectivity index is 2.05. The van der Waals surface area contributed by atoms with Crippen molar-refractivity contribution in [2.45, 2.75) is 19.8 Å². The Morgan fingerprint density at radius 1 is 1.25 bits per heavy atom. The number of carbonyl (C=O) groups is 2. The van der Waals surface area contributed by atoms with E-state index in [9.17, 15) is 9.59 Å². The molecule has 0 aliphatic carbocycles. The van der Waals surface area contributed by atoms with Crippen LogP contribution in [0.3, 0.4) is 0 Å². The van der Waals surface area contributed by atoms with Gasteiger partial charge in [0, 0.05) is 36.6 Å². The van der Waals surface area contributed by atoms with Gasteiger partial charge in [0.15, 0.2) is 0 Å². The van der Waals surface area contributed by atoms with Crippen LogP contribution < -0.4 is 10.2 Å². The predicted octanol–water partition coefficient (Wildman–Crippen LogP) is 2.17. The minimum Gasteiger partial charge on any atom is -0.478 e. The second-order valence-electron chi connectivity index (χ2n) is 4.85. The van der Waals surface area contributed by atoms with E-state index in [0.717, 1.165) is 30.8 Å². The van der Waals surface area contributed by atoms with Crippen LogP contribution in [0.5, 0.6) is 0 Å². The van der Waals surface area contributed by atoms with E-state index in [4.69, 9.17) is 5.11 Å². The number of carboxylic acids is 1. The van der Waals surface area contributed by atoms with Gasteiger partial charge in [0.05, 0.1) is 0 Å². The first-order valence-corrected chi connectivity index (χ1v) is 6.64. The van der Waals surface area contributed by atoms with Crippen LogP contribution in [-0.2, 0) is 9.59 Å². The van der Waals surface area contributed by atoms with Gasteiger partial charge in [-0.2, -0.15) is 0 Å². The SMILES string of the molecule is Cc1cc(N2CCCC2)ccc1NC(=O)/C=C/C(=O)O. The van der Waals surface area contributed by atoms with Gasteiger partial charge >= 0.3 is 5.97 Å². The molecular formula is C15H18N2O3. The van der Waals surface area contributed by atoms with Gasteiger partial charge in [-0.25, -0.2) is 4.79 Å². The number of aliphatic carboxylic acids is 1. The van der Waals surface area contributed by atoms with Crippen molar-refractivity contribution in [3.05, 3.63) is 35.9 Å². The van der Waals surface area contributed by atoms with Gasteiger partial charge in [-0.3, -0.25) is 4.79 Å². The zero-order chi connectivity index (χ0) is 14.5. The Bertz CT molecular complexity index is 546. The summed E-state index contributed by atoms with van der Waals surface area (Å²) < 4.78 is 0. The number of rotatable bonds is 4. The number of carbonyl (C=O) groups excluding carboxylic acids is 1. The maximum Gasteiger partial charge on any atom is 0.328 e. The van der Waals surface area contributed by atoms with Crippen LogP contribution in [0.1, 0.15) is 18.4 Å². The molecule has 20 heavy (non-hydrogen) atoms. The van der Waals surface area contributed by atoms with E-state index in [-0.39, 0.29) is 0 Å². The van der Waals surface area contributed by atoms with Crippen molar-refractivity contribution >= 4 is 23.3 Å². The third-order valence-electron chi connectivity index (χ3n) is 3.32. The molecule has 1 heterocycles. The van der Waals surface area contributed by atoms with E-state index in [1.165, 1.54) is 18.5 Å². The number of carboxylic acid groups (broad SMARTS) is 1. The number of benzene rings is 1. The number of hydrogen-bond acceptors (Lipinski definition) is 3. The number of amides is 1. The molecule has 2 N–H and O–H groups in total. The molecule has 1 amide bonds. The largest absolute Gasteiger partial charge is 0.478 e. The standard InChI is InChI=1S/C15H18N2O3/c1-11-10-12(17-8-2-3-9-17)4-5-13(11)16-14(18)6-7-15(19)20/h4-7,10H,2-3,8-9H2,1H3,(H,16,18)(H,19,20)/b7-6+. The molecule has 1 aromatic rings. The number of nitrogens with zero attached hydrogens (tertiary/aromatic N) is 1. The van der Waals surface area contributed by atoms with E-state index < -0.39 is 11.9 Å². The molecule has 0 radical (unpaired) electrons. The summed E-state index contributed by atoms with van der Waals surface area (Å²) in [7, 11) is 0. The highest BCUT2D eigenvalue weighted by atomic mass is 16.4. The lowest BCUT2D eigenvalue weighted by atomic mass is 10.1. The van der Waals surface area contributed by atoms with E-state index >= 15 is 0 Å². The summed E-state index contributed by atoms with van der Waals surface area (Å²) in [5.74, 6) is -1.58. The van der Waals surface area contributed by atoms with Gasteiger partial charge in [-0.15, -0.1) is 0 Å². The third-order valence-corrected chi connectivity index (χ3v) is 3.32. The molecule has 0 aromatic heterocycles. The Labute approximate surface area is 117 Å². The molecule has 0 bridgehead atoms. The highest BCUT2D eigenvalue weighted by molar-refractivity contribution is 6.02. The van der Waals surface area contributed by atoms with Crippen LogP contribution in [-0.4, -0.2) is 30.1 Å². The normalized spacial score (nSPS) is 14.8. The van der Waals surface area contributed by atoms with Gasteiger partial charge in [0.25, 0.3) is 0 Å². The quantitative estimate of drug-likeness (QED) is 0.826. The lowest BCUT2D eigenvalue weighted by molar-refractivity contribution is -0.131. The minimum atomic E-state index is -1.14. The summed E-state index contributed by atoms with van der Waals surface area (Å²) in [6.45, 7) is 4.08. The van der Waals surface area contributed by atoms with E-state index in [1.54, 1.807) is 0 Å². The van der Waals surface area contributed by atoms with Gasteiger partial charge in [-0.1, -0.05) is 0 Å². The van der Waals surface area contributed by atoms with Crippen molar-refractivity contribution < 1.29 is 14.7 Å². The van der Waals surface area contributed by atoms with Crippen molar-refractivity contribution in [3.63, 3.8) is 0 Å². The lowest BCUT2D eigenvalue weighted by Gasteiger charge is -2.19. The molecule has 1 aromatic carbocycles. The van der Waals surface area contributed by atoms with Crippen LogP contribution in [0.15, 0.2) is 30.4 Å². The summed E-state index contributed by atoms with van der Waals surface area (Å²) >= 11 is 0. The topological polar surface area (TPSA) is 69.6 Å². The Morgan fingerprint density at radius 2 is 1.95 bits per heavy atom. The zero-order valence-corrected chi connectivity index (χ0v) is 11.4. The molecule has 5 heteroatoms. The molecule has 1 fully saturated rings. The molecule has 106 valence electrons. The van der Waals surface area contributed by atoms with Crippen LogP contribution in [0.25, 0.3) is 0 Å². The highest BCUT2D eigenvalue weighted by Crippen LogP contribution is 2.25. The third kappa shape index (κ3) is 3.60. The van der Waals surface area contributed by atoms with Crippen LogP contribution in [0.2, 0.25) is 0 Å². The number of nitrogens with one attached hydrogen (secondary N) is 1. The van der Waals surface area contributed by atoms with Gasteiger partial charge in [0.2, 0.25) is 5.91 Å². The minimum absolute atomic E-state index is 0.440. The number of aryl methyl sites for hydroxylation is 1. The first-order chi connectivity index (χ1) is 9.56. The van der Waals surface area contributed by atoms with Crippen molar-refractivity contribution in [1.29, 1.82) is 0 Å². The van der Waals surface area contributed by atoms with Crippen molar-refractivity contribution in [2.75, 3.05) is 23.3 Å². The maximum absolute atomic E-state index is 11.5. The van der Waals surface area contributed by atoms with Gasteiger partial charge < -0.3 is 15.3 Å². The summed E-state index contributed by atoms with van der Waals surface area (Å²) in [5.41, 5.74) is 2.83. The fraction of sp³-hybridized carbons (Fsp3) is 0.333. The van der Waals surface area contributed by atoms with Crippen LogP contribution >= 0.6 is 0 Å². The van der Waals surface area contributed by atoms with Crippen LogP contribution in [0, 0.1) is 6.92 Å². The molecule has 0 atom stereocenters. The predicted molar refractivity (Wildman–Crippen MR) is 78.0 cm³/mol. The number of anilines is 2. The van der Waals surface area contributed by atoms with E-state index in [0.29, 0.717) is 5.69 Å². The molecular weight excluding hydrogens is 256 g/mol. The molecule has 1 aliphatic heterocycles. The fourth-order valence-corrected chi connectivity index (χ4v) is 2.28. The Kier molecular flexibility index (Phi) is 4.40. The average Bonchev–Trinajstić information content (AvgIpc) is 2.92. The Morgan fingerprint density at radius 3 is 2.55 bits per heavy atom. The number of hydrogen-bond donors (Lipinski definition) is 2. The van der Waals surface area contributed by atoms with Gasteiger partial charge in [0.1, 0.15) is 0 Å². The van der Waals surface area contributed by atoms with Crippen LogP contribution in [0.4, 0.5) is 11.4 Å². The smallest absolute Gasteiger partial charge is 0.328 e. The first kappa shape index (κ1) is 14.1. The second kappa shape index (κ2) is 6.23. The summed E-state index contributed by atoms with van der Waals surface area (Å²) in [6.07, 6.45) is 4.27. The first-order valence-electron chi connectivity index (χ1n) is 6.64. The van der Waals surface area contributed by atoms with Gasteiger partial charge in [-0.05, 0) is 43.5 Å². The lowest BCUT2D eigenvalue weighted by Crippen LogP contribution is -2.18. The highest BCUT2D eigenvalue weighted by Gasteiger charge is 2.13. The monoisotopic (exact) mass is 274 g/mol. The molecule has 0 saturated carbocycles. The van der Waals surface area contributed by atoms with Crippen molar-refractivity contribution in [2.24, 2.45) is 0 Å². The summed E-state index contributed by atoms with van der Waals surface area (Å²) in [5, 5.41) is 11.1. The molecule has 2 rings (SSSR count). The molecule has 0 unspecified atom stereocenters. The molecule has 1 aliphatic rings. The summed E-state index contributed by atoms with van der Waals surface area (Å²) in [6, 6.07) is 5.88. The second-order valence-corrected chi connectivity index (χ2v) is 4.85. The maximum atomic E-state index is 11.5. The molecule has 1 saturated heterocycles. The van der Waals surface area contributed by atoms with E-state index in [1.807, 2.05) is 25.1 Å².